The van der Waals surface area contributed by atoms with Gasteiger partial charge in [-0.25, -0.2) is 4.79 Å². The van der Waals surface area contributed by atoms with Gasteiger partial charge in [0.05, 0.1) is 5.41 Å². The van der Waals surface area contributed by atoms with Crippen LogP contribution in [0.3, 0.4) is 0 Å². The molecule has 0 radical (unpaired) electrons. The smallest absolute Gasteiger partial charge is 0.317 e. The summed E-state index contributed by atoms with van der Waals surface area (Å²) in [6.07, 6.45) is 6.54. The number of ether oxygens (including phenoxy) is 1. The van der Waals surface area contributed by atoms with Gasteiger partial charge >= 0.3 is 12.0 Å². The van der Waals surface area contributed by atoms with Gasteiger partial charge in [-0.2, -0.15) is 11.8 Å². The zero-order chi connectivity index (χ0) is 16.5. The van der Waals surface area contributed by atoms with Gasteiger partial charge in [0.2, 0.25) is 0 Å². The molecule has 2 heterocycles. The van der Waals surface area contributed by atoms with Crippen molar-refractivity contribution in [3.05, 3.63) is 0 Å². The summed E-state index contributed by atoms with van der Waals surface area (Å²) in [5.41, 5.74) is -0.701. The minimum absolute atomic E-state index is 0.0496. The van der Waals surface area contributed by atoms with E-state index in [0.717, 1.165) is 38.9 Å². The van der Waals surface area contributed by atoms with E-state index in [1.54, 1.807) is 16.7 Å². The highest BCUT2D eigenvalue weighted by Gasteiger charge is 2.55. The molecule has 0 unspecified atom stereocenters. The minimum Gasteiger partial charge on any atom is -0.481 e. The van der Waals surface area contributed by atoms with Gasteiger partial charge in [-0.15, -0.1) is 0 Å². The molecule has 2 saturated heterocycles. The molecule has 7 heteroatoms. The van der Waals surface area contributed by atoms with E-state index in [1.165, 1.54) is 0 Å². The lowest BCUT2D eigenvalue weighted by Crippen LogP contribution is -2.48. The number of hydrogen-bond acceptors (Lipinski definition) is 4. The van der Waals surface area contributed by atoms with Crippen LogP contribution in [0.1, 0.15) is 32.1 Å². The largest absolute Gasteiger partial charge is 0.481 e. The molecule has 2 N–H and O–H groups in total. The molecule has 3 aliphatic rings. The topological polar surface area (TPSA) is 78.9 Å². The molecule has 2 atom stereocenters. The quantitative estimate of drug-likeness (QED) is 0.814. The highest BCUT2D eigenvalue weighted by Crippen LogP contribution is 2.48. The van der Waals surface area contributed by atoms with Crippen molar-refractivity contribution in [3.63, 3.8) is 0 Å². The van der Waals surface area contributed by atoms with Crippen LogP contribution in [0.25, 0.3) is 0 Å². The fourth-order valence-electron chi connectivity index (χ4n) is 4.34. The standard InChI is InChI=1S/C16H26N2O4S/c1-23-15(5-7-22-8-6-15)10-17-14(21)18-9-12-3-2-4-16(12,11-18)13(19)20/h12H,2-11H2,1H3,(H,17,21)(H,19,20)/t12-,16+/m0/s1. The van der Waals surface area contributed by atoms with Crippen molar-refractivity contribution in [2.24, 2.45) is 11.3 Å². The molecular weight excluding hydrogens is 316 g/mol. The van der Waals surface area contributed by atoms with Gasteiger partial charge in [0.15, 0.2) is 0 Å². The maximum absolute atomic E-state index is 12.5. The molecule has 3 rings (SSSR count). The van der Waals surface area contributed by atoms with Crippen LogP contribution in [-0.4, -0.2) is 65.9 Å². The number of carboxylic acid groups (broad SMARTS) is 1. The molecule has 0 bridgehead atoms. The van der Waals surface area contributed by atoms with Crippen molar-refractivity contribution < 1.29 is 19.4 Å². The van der Waals surface area contributed by atoms with Crippen LogP contribution < -0.4 is 5.32 Å². The summed E-state index contributed by atoms with van der Waals surface area (Å²) in [7, 11) is 0. The van der Waals surface area contributed by atoms with Crippen LogP contribution >= 0.6 is 11.8 Å². The van der Waals surface area contributed by atoms with E-state index in [2.05, 4.69) is 11.6 Å². The molecule has 0 aromatic carbocycles. The third kappa shape index (κ3) is 3.05. The van der Waals surface area contributed by atoms with Crippen LogP contribution in [-0.2, 0) is 9.53 Å². The number of carbonyl (C=O) groups excluding carboxylic acids is 1. The minimum atomic E-state index is -0.736. The number of likely N-dealkylation sites (tertiary alicyclic amines) is 1. The Bertz CT molecular complexity index is 481. The summed E-state index contributed by atoms with van der Waals surface area (Å²) in [5.74, 6) is -0.622. The average molecular weight is 342 g/mol. The SMILES string of the molecule is CSC1(CNC(=O)N2C[C@@H]3CCC[C@@]3(C(=O)O)C2)CCOCC1. The molecule has 23 heavy (non-hydrogen) atoms. The van der Waals surface area contributed by atoms with Gasteiger partial charge in [-0.3, -0.25) is 4.79 Å². The summed E-state index contributed by atoms with van der Waals surface area (Å²) in [4.78, 5) is 25.9. The van der Waals surface area contributed by atoms with Gasteiger partial charge in [-0.05, 0) is 37.9 Å². The molecule has 130 valence electrons. The molecule has 2 aliphatic heterocycles. The van der Waals surface area contributed by atoms with Crippen molar-refractivity contribution in [3.8, 4) is 0 Å². The van der Waals surface area contributed by atoms with Crippen LogP contribution in [0.2, 0.25) is 0 Å². The number of rotatable bonds is 4. The number of aliphatic carboxylic acids is 1. The zero-order valence-corrected chi connectivity index (χ0v) is 14.5. The van der Waals surface area contributed by atoms with Crippen molar-refractivity contribution in [2.45, 2.75) is 36.9 Å². The van der Waals surface area contributed by atoms with Crippen molar-refractivity contribution in [1.29, 1.82) is 0 Å². The van der Waals surface area contributed by atoms with Crippen molar-refractivity contribution in [1.82, 2.24) is 10.2 Å². The Morgan fingerprint density at radius 1 is 1.35 bits per heavy atom. The molecule has 0 aromatic rings. The van der Waals surface area contributed by atoms with Crippen molar-refractivity contribution >= 4 is 23.8 Å². The summed E-state index contributed by atoms with van der Waals surface area (Å²) >= 11 is 1.79. The summed E-state index contributed by atoms with van der Waals surface area (Å²) in [6.45, 7) is 3.04. The molecule has 1 saturated carbocycles. The van der Waals surface area contributed by atoms with E-state index in [-0.39, 0.29) is 16.7 Å². The van der Waals surface area contributed by atoms with E-state index in [9.17, 15) is 14.7 Å². The first-order valence-corrected chi connectivity index (χ1v) is 9.63. The monoisotopic (exact) mass is 342 g/mol. The first kappa shape index (κ1) is 16.9. The Balaban J connectivity index is 1.58. The second kappa shape index (κ2) is 6.51. The molecule has 2 amide bonds. The third-order valence-corrected chi connectivity index (χ3v) is 7.40. The number of nitrogens with zero attached hydrogens (tertiary/aromatic N) is 1. The van der Waals surface area contributed by atoms with Crippen LogP contribution in [0, 0.1) is 11.3 Å². The normalized spacial score (nSPS) is 32.6. The molecule has 6 nitrogen and oxygen atoms in total. The molecule has 0 spiro atoms. The Kier molecular flexibility index (Phi) is 4.78. The number of urea groups is 1. The molecular formula is C16H26N2O4S. The second-order valence-corrected chi connectivity index (χ2v) is 8.36. The van der Waals surface area contributed by atoms with Gasteiger partial charge in [-0.1, -0.05) is 6.42 Å². The van der Waals surface area contributed by atoms with E-state index >= 15 is 0 Å². The third-order valence-electron chi connectivity index (χ3n) is 5.98. The summed E-state index contributed by atoms with van der Waals surface area (Å²) < 4.78 is 5.47. The Morgan fingerprint density at radius 3 is 2.70 bits per heavy atom. The highest BCUT2D eigenvalue weighted by molar-refractivity contribution is 8.00. The predicted octanol–water partition coefficient (Wildman–Crippen LogP) is 1.79. The van der Waals surface area contributed by atoms with Crippen LogP contribution in [0.15, 0.2) is 0 Å². The molecule has 3 fully saturated rings. The van der Waals surface area contributed by atoms with E-state index in [4.69, 9.17) is 4.74 Å². The van der Waals surface area contributed by atoms with Gasteiger partial charge in [0.1, 0.15) is 0 Å². The second-order valence-electron chi connectivity index (χ2n) is 7.09. The lowest BCUT2D eigenvalue weighted by molar-refractivity contribution is -0.149. The maximum Gasteiger partial charge on any atom is 0.317 e. The number of nitrogens with one attached hydrogen (secondary N) is 1. The van der Waals surface area contributed by atoms with Gasteiger partial charge in [0, 0.05) is 37.6 Å². The first-order valence-electron chi connectivity index (χ1n) is 8.40. The fourth-order valence-corrected chi connectivity index (χ4v) is 5.13. The van der Waals surface area contributed by atoms with Crippen molar-refractivity contribution in [2.75, 3.05) is 39.1 Å². The number of fused-ring (bicyclic) bond motifs is 1. The van der Waals surface area contributed by atoms with E-state index < -0.39 is 11.4 Å². The Morgan fingerprint density at radius 2 is 2.09 bits per heavy atom. The Hall–Kier alpha value is -0.950. The first-order chi connectivity index (χ1) is 11.0. The maximum atomic E-state index is 12.5. The van der Waals surface area contributed by atoms with E-state index in [0.29, 0.717) is 26.1 Å². The number of thioether (sulfide) groups is 1. The van der Waals surface area contributed by atoms with Gasteiger partial charge < -0.3 is 20.1 Å². The number of amides is 2. The lowest BCUT2D eigenvalue weighted by Gasteiger charge is -2.36. The lowest BCUT2D eigenvalue weighted by atomic mass is 9.81. The number of carboxylic acids is 1. The number of hydrogen-bond donors (Lipinski definition) is 2. The van der Waals surface area contributed by atoms with Crippen LogP contribution in [0.5, 0.6) is 0 Å². The molecule has 0 aromatic heterocycles. The van der Waals surface area contributed by atoms with Gasteiger partial charge in [0.25, 0.3) is 0 Å². The number of carbonyl (C=O) groups is 2. The molecule has 1 aliphatic carbocycles. The zero-order valence-electron chi connectivity index (χ0n) is 13.7. The van der Waals surface area contributed by atoms with Crippen LogP contribution in [0.4, 0.5) is 4.79 Å². The van der Waals surface area contributed by atoms with E-state index in [1.807, 2.05) is 0 Å². The summed E-state index contributed by atoms with van der Waals surface area (Å²) in [5, 5.41) is 12.7. The highest BCUT2D eigenvalue weighted by atomic mass is 32.2. The summed E-state index contributed by atoms with van der Waals surface area (Å²) in [6, 6.07) is -0.111. The average Bonchev–Trinajstić information content (AvgIpc) is 3.12. The predicted molar refractivity (Wildman–Crippen MR) is 88.7 cm³/mol. The fraction of sp³-hybridized carbons (Fsp3) is 0.875. The Labute approximate surface area is 141 Å².